The van der Waals surface area contributed by atoms with E-state index in [1.807, 2.05) is 19.1 Å². The number of aryl methyl sites for hydroxylation is 2. The molecule has 0 radical (unpaired) electrons. The highest BCUT2D eigenvalue weighted by Gasteiger charge is 2.34. The number of hydrogen-bond acceptors (Lipinski definition) is 4. The van der Waals surface area contributed by atoms with Crippen molar-refractivity contribution in [2.75, 3.05) is 13.2 Å². The summed E-state index contributed by atoms with van der Waals surface area (Å²) in [4.78, 5) is 11.4. The van der Waals surface area contributed by atoms with Crippen LogP contribution in [-0.4, -0.2) is 38.0 Å². The molecule has 140 valence electrons. The Bertz CT molecular complexity index is 829. The highest BCUT2D eigenvalue weighted by Crippen LogP contribution is 2.18. The summed E-state index contributed by atoms with van der Waals surface area (Å²) in [6.45, 7) is 1.72. The zero-order valence-corrected chi connectivity index (χ0v) is 16.0. The van der Waals surface area contributed by atoms with E-state index in [0.29, 0.717) is 11.4 Å². The van der Waals surface area contributed by atoms with Gasteiger partial charge in [-0.05, 0) is 49.6 Å². The third-order valence-electron chi connectivity index (χ3n) is 3.94. The van der Waals surface area contributed by atoms with Gasteiger partial charge in [0.25, 0.3) is 0 Å². The maximum Gasteiger partial charge on any atom is 0.324 e. The van der Waals surface area contributed by atoms with Crippen LogP contribution in [0.4, 0.5) is 0 Å². The Kier molecular flexibility index (Phi) is 7.20. The summed E-state index contributed by atoms with van der Waals surface area (Å²) in [6.07, 6.45) is 1.39. The van der Waals surface area contributed by atoms with E-state index < -0.39 is 21.1 Å². The molecule has 0 spiro atoms. The molecule has 26 heavy (non-hydrogen) atoms. The lowest BCUT2D eigenvalue weighted by Gasteiger charge is -2.14. The first-order valence-corrected chi connectivity index (χ1v) is 10.1. The average molecular weight is 397 g/mol. The Hall–Kier alpha value is -1.89. The molecule has 0 aliphatic rings. The van der Waals surface area contributed by atoms with E-state index in [4.69, 9.17) is 16.3 Å². The molecule has 1 unspecified atom stereocenters. The van der Waals surface area contributed by atoms with E-state index in [-0.39, 0.29) is 18.1 Å². The van der Waals surface area contributed by atoms with Gasteiger partial charge in [-0.2, -0.15) is 0 Å². The smallest absolute Gasteiger partial charge is 0.324 e. The van der Waals surface area contributed by atoms with E-state index in [1.54, 1.807) is 24.3 Å². The normalized spacial score (nSPS) is 12.7. The summed E-state index contributed by atoms with van der Waals surface area (Å²) in [5, 5.41) is 8.35. The van der Waals surface area contributed by atoms with Gasteiger partial charge < -0.3 is 9.84 Å². The van der Waals surface area contributed by atoms with Crippen molar-refractivity contribution in [3.63, 3.8) is 0 Å². The van der Waals surface area contributed by atoms with Crippen LogP contribution in [0.2, 0.25) is 5.02 Å². The summed E-state index contributed by atoms with van der Waals surface area (Å²) >= 11 is 5.82. The molecule has 2 aromatic carbocycles. The van der Waals surface area contributed by atoms with E-state index in [9.17, 15) is 18.3 Å². The Morgan fingerprint density at radius 2 is 1.73 bits per heavy atom. The van der Waals surface area contributed by atoms with Gasteiger partial charge in [0.2, 0.25) is 0 Å². The Balaban J connectivity index is 1.90. The van der Waals surface area contributed by atoms with Crippen molar-refractivity contribution in [3.8, 4) is 0 Å². The fourth-order valence-corrected chi connectivity index (χ4v) is 3.92. The third kappa shape index (κ3) is 5.56. The fraction of sp³-hybridized carbons (Fsp3) is 0.316. The summed E-state index contributed by atoms with van der Waals surface area (Å²) in [5.41, 5.74) is 1.98. The predicted molar refractivity (Wildman–Crippen MR) is 100 cm³/mol. The van der Waals surface area contributed by atoms with E-state index in [1.165, 1.54) is 12.1 Å². The van der Waals surface area contributed by atoms with Crippen LogP contribution in [0, 0.1) is 6.92 Å². The number of carboxylic acid groups (broad SMARTS) is 1. The van der Waals surface area contributed by atoms with Crippen molar-refractivity contribution in [2.45, 2.75) is 29.9 Å². The molecule has 0 aliphatic carbocycles. The van der Waals surface area contributed by atoms with Crippen molar-refractivity contribution in [1.29, 1.82) is 0 Å². The predicted octanol–water partition coefficient (Wildman–Crippen LogP) is 3.52. The quantitative estimate of drug-likeness (QED) is 0.656. The van der Waals surface area contributed by atoms with Gasteiger partial charge in [-0.1, -0.05) is 41.4 Å². The molecular weight excluding hydrogens is 376 g/mol. The maximum atomic E-state index is 12.5. The second-order valence-electron chi connectivity index (χ2n) is 5.99. The van der Waals surface area contributed by atoms with Crippen LogP contribution in [0.3, 0.4) is 0 Å². The number of benzene rings is 2. The number of rotatable bonds is 9. The van der Waals surface area contributed by atoms with Crippen molar-refractivity contribution in [2.24, 2.45) is 0 Å². The first-order valence-electron chi connectivity index (χ1n) is 8.16. The zero-order valence-electron chi connectivity index (χ0n) is 14.4. The van der Waals surface area contributed by atoms with Crippen molar-refractivity contribution in [3.05, 3.63) is 64.7 Å². The molecule has 5 nitrogen and oxygen atoms in total. The highest BCUT2D eigenvalue weighted by atomic mass is 35.5. The number of carboxylic acids is 1. The molecule has 0 saturated heterocycles. The summed E-state index contributed by atoms with van der Waals surface area (Å²) in [7, 11) is -4.00. The molecule has 1 atom stereocenters. The molecule has 1 N–H and O–H groups in total. The SMILES string of the molecule is Cc1ccc(S(=O)(=O)C(COCCCc2ccc(Cl)cc2)C(=O)O)cc1. The number of halogens is 1. The second-order valence-corrected chi connectivity index (χ2v) is 8.56. The molecule has 0 saturated carbocycles. The molecule has 2 aromatic rings. The number of aliphatic carboxylic acids is 1. The van der Waals surface area contributed by atoms with Crippen molar-refractivity contribution >= 4 is 27.4 Å². The van der Waals surface area contributed by atoms with E-state index >= 15 is 0 Å². The van der Waals surface area contributed by atoms with E-state index in [2.05, 4.69) is 0 Å². The average Bonchev–Trinajstić information content (AvgIpc) is 2.59. The van der Waals surface area contributed by atoms with Gasteiger partial charge in [-0.3, -0.25) is 4.79 Å². The van der Waals surface area contributed by atoms with Crippen LogP contribution in [0.1, 0.15) is 17.5 Å². The second kappa shape index (κ2) is 9.16. The molecule has 2 rings (SSSR count). The molecule has 0 aliphatic heterocycles. The van der Waals surface area contributed by atoms with Gasteiger partial charge in [-0.25, -0.2) is 8.42 Å². The summed E-state index contributed by atoms with van der Waals surface area (Å²) in [6, 6.07) is 13.5. The number of hydrogen-bond donors (Lipinski definition) is 1. The van der Waals surface area contributed by atoms with Crippen LogP contribution < -0.4 is 0 Å². The lowest BCUT2D eigenvalue weighted by atomic mass is 10.1. The Labute approximate surface area is 158 Å². The standard InChI is InChI=1S/C19H21ClO5S/c1-14-4-10-17(11-5-14)26(23,24)18(19(21)22)13-25-12-2-3-15-6-8-16(20)9-7-15/h4-11,18H,2-3,12-13H2,1H3,(H,21,22). The first kappa shape index (κ1) is 20.4. The minimum atomic E-state index is -4.00. The van der Waals surface area contributed by atoms with Crippen LogP contribution in [0.25, 0.3) is 0 Å². The first-order chi connectivity index (χ1) is 12.3. The largest absolute Gasteiger partial charge is 0.480 e. The van der Waals surface area contributed by atoms with E-state index in [0.717, 1.165) is 17.5 Å². The van der Waals surface area contributed by atoms with Gasteiger partial charge >= 0.3 is 5.97 Å². The molecule has 7 heteroatoms. The minimum Gasteiger partial charge on any atom is -0.480 e. The molecule has 0 fully saturated rings. The lowest BCUT2D eigenvalue weighted by Crippen LogP contribution is -2.35. The molecule has 0 heterocycles. The number of sulfone groups is 1. The number of ether oxygens (including phenoxy) is 1. The molecular formula is C19H21ClO5S. The highest BCUT2D eigenvalue weighted by molar-refractivity contribution is 7.92. The van der Waals surface area contributed by atoms with Crippen LogP contribution >= 0.6 is 11.6 Å². The van der Waals surface area contributed by atoms with Crippen molar-refractivity contribution in [1.82, 2.24) is 0 Å². The lowest BCUT2D eigenvalue weighted by molar-refractivity contribution is -0.137. The van der Waals surface area contributed by atoms with Gasteiger partial charge in [0.05, 0.1) is 11.5 Å². The monoisotopic (exact) mass is 396 g/mol. The van der Waals surface area contributed by atoms with Gasteiger partial charge in [0.15, 0.2) is 15.1 Å². The fourth-order valence-electron chi connectivity index (χ4n) is 2.41. The van der Waals surface area contributed by atoms with Gasteiger partial charge in [0.1, 0.15) is 0 Å². The third-order valence-corrected chi connectivity index (χ3v) is 6.20. The Morgan fingerprint density at radius 3 is 2.31 bits per heavy atom. The van der Waals surface area contributed by atoms with Gasteiger partial charge in [0, 0.05) is 11.6 Å². The molecule has 0 amide bonds. The zero-order chi connectivity index (χ0) is 19.2. The minimum absolute atomic E-state index is 0.0136. The van der Waals surface area contributed by atoms with Crippen molar-refractivity contribution < 1.29 is 23.1 Å². The molecule has 0 bridgehead atoms. The number of carbonyl (C=O) groups is 1. The Morgan fingerprint density at radius 1 is 1.12 bits per heavy atom. The molecule has 0 aromatic heterocycles. The topological polar surface area (TPSA) is 80.7 Å². The summed E-state index contributed by atoms with van der Waals surface area (Å²) in [5.74, 6) is -1.41. The van der Waals surface area contributed by atoms with Gasteiger partial charge in [-0.15, -0.1) is 0 Å². The summed E-state index contributed by atoms with van der Waals surface area (Å²) < 4.78 is 30.4. The van der Waals surface area contributed by atoms with Crippen LogP contribution in [0.5, 0.6) is 0 Å². The maximum absolute atomic E-state index is 12.5. The van der Waals surface area contributed by atoms with Crippen LogP contribution in [-0.2, 0) is 25.8 Å². The van der Waals surface area contributed by atoms with Crippen LogP contribution in [0.15, 0.2) is 53.4 Å².